The molecule has 1 amide bonds. The van der Waals surface area contributed by atoms with Crippen molar-refractivity contribution in [3.8, 4) is 0 Å². The Morgan fingerprint density at radius 2 is 1.90 bits per heavy atom. The first-order valence-corrected chi connectivity index (χ1v) is 5.02. The van der Waals surface area contributed by atoms with Gasteiger partial charge in [-0.3, -0.25) is 14.9 Å². The molecule has 0 atom stereocenters. The highest BCUT2D eigenvalue weighted by Gasteiger charge is 2.40. The number of halogens is 4. The number of benzene rings is 1. The maximum atomic E-state index is 12.1. The molecular weight excluding hydrogens is 309 g/mol. The number of hydrogen-bond donors (Lipinski definition) is 2. The van der Waals surface area contributed by atoms with Gasteiger partial charge in [0.25, 0.3) is 5.69 Å². The van der Waals surface area contributed by atoms with E-state index in [1.165, 1.54) is 0 Å². The number of amides is 1. The van der Waals surface area contributed by atoms with Crippen LogP contribution in [0, 0.1) is 10.1 Å². The van der Waals surface area contributed by atoms with E-state index in [1.54, 1.807) is 0 Å². The lowest BCUT2D eigenvalue weighted by Gasteiger charge is -2.11. The molecule has 0 bridgehead atoms. The van der Waals surface area contributed by atoms with Crippen LogP contribution in [0.3, 0.4) is 0 Å². The molecule has 1 aromatic carbocycles. The van der Waals surface area contributed by atoms with Crippen molar-refractivity contribution in [2.24, 2.45) is 0 Å². The number of carbonyl (C=O) groups is 2. The molecule has 0 aromatic heterocycles. The first-order valence-electron chi connectivity index (χ1n) is 4.64. The number of rotatable bonds is 3. The molecule has 0 aliphatic heterocycles. The summed E-state index contributed by atoms with van der Waals surface area (Å²) < 4.78 is 36.4. The minimum atomic E-state index is -5.34. The van der Waals surface area contributed by atoms with Crippen LogP contribution in [0.15, 0.2) is 12.1 Å². The summed E-state index contributed by atoms with van der Waals surface area (Å²) in [5, 5.41) is 20.1. The van der Waals surface area contributed by atoms with E-state index >= 15 is 0 Å². The third-order valence-electron chi connectivity index (χ3n) is 2.04. The lowest BCUT2D eigenvalue weighted by atomic mass is 10.1. The molecule has 0 saturated carbocycles. The van der Waals surface area contributed by atoms with Crippen LogP contribution in [0.5, 0.6) is 0 Å². The lowest BCUT2D eigenvalue weighted by Crippen LogP contribution is -2.31. The van der Waals surface area contributed by atoms with E-state index in [1.807, 2.05) is 0 Å². The SMILES string of the molecule is O=C(O)c1c(Cl)ccc([N+](=O)[O-])c1NC(=O)C(F)(F)F. The molecule has 0 aliphatic carbocycles. The van der Waals surface area contributed by atoms with Gasteiger partial charge < -0.3 is 10.4 Å². The Hall–Kier alpha value is -2.36. The summed E-state index contributed by atoms with van der Waals surface area (Å²) in [7, 11) is 0. The fraction of sp³-hybridized carbons (Fsp3) is 0.111. The highest BCUT2D eigenvalue weighted by molar-refractivity contribution is 6.34. The monoisotopic (exact) mass is 312 g/mol. The number of carbonyl (C=O) groups excluding carboxylic acids is 1. The topological polar surface area (TPSA) is 110 Å². The molecule has 108 valence electrons. The summed E-state index contributed by atoms with van der Waals surface area (Å²) in [6, 6.07) is 1.51. The van der Waals surface area contributed by atoms with E-state index in [2.05, 4.69) is 0 Å². The summed E-state index contributed by atoms with van der Waals surface area (Å²) >= 11 is 5.46. The fourth-order valence-corrected chi connectivity index (χ4v) is 1.48. The minimum absolute atomic E-state index is 0.555. The summed E-state index contributed by atoms with van der Waals surface area (Å²) in [4.78, 5) is 31.2. The van der Waals surface area contributed by atoms with Crippen molar-refractivity contribution in [3.63, 3.8) is 0 Å². The van der Waals surface area contributed by atoms with Crippen LogP contribution in [0.1, 0.15) is 10.4 Å². The fourth-order valence-electron chi connectivity index (χ4n) is 1.24. The Kier molecular flexibility index (Phi) is 4.18. The first kappa shape index (κ1) is 15.7. The summed E-state index contributed by atoms with van der Waals surface area (Å²) in [6.07, 6.45) is -5.34. The maximum absolute atomic E-state index is 12.1. The van der Waals surface area contributed by atoms with Gasteiger partial charge >= 0.3 is 18.1 Å². The Labute approximate surface area is 113 Å². The molecule has 11 heteroatoms. The molecule has 0 fully saturated rings. The van der Waals surface area contributed by atoms with Gasteiger partial charge in [-0.05, 0) is 6.07 Å². The molecule has 0 aliphatic rings. The smallest absolute Gasteiger partial charge is 0.471 e. The Balaban J connectivity index is 3.48. The molecule has 0 saturated heterocycles. The number of nitro benzene ring substituents is 1. The van der Waals surface area contributed by atoms with Gasteiger partial charge in [0, 0.05) is 6.07 Å². The van der Waals surface area contributed by atoms with E-state index in [9.17, 15) is 32.9 Å². The largest absolute Gasteiger partial charge is 0.478 e. The number of nitrogens with zero attached hydrogens (tertiary/aromatic N) is 1. The number of nitro groups is 1. The molecule has 7 nitrogen and oxygen atoms in total. The average molecular weight is 313 g/mol. The van der Waals surface area contributed by atoms with Crippen LogP contribution in [0.2, 0.25) is 5.02 Å². The molecule has 20 heavy (non-hydrogen) atoms. The predicted molar refractivity (Wildman–Crippen MR) is 59.8 cm³/mol. The van der Waals surface area contributed by atoms with Crippen LogP contribution >= 0.6 is 11.6 Å². The Morgan fingerprint density at radius 1 is 1.35 bits per heavy atom. The zero-order valence-electron chi connectivity index (χ0n) is 9.19. The number of hydrogen-bond acceptors (Lipinski definition) is 4. The molecule has 2 N–H and O–H groups in total. The molecule has 0 heterocycles. The van der Waals surface area contributed by atoms with Gasteiger partial charge in [-0.25, -0.2) is 4.79 Å². The zero-order chi connectivity index (χ0) is 15.7. The molecule has 1 aromatic rings. The average Bonchev–Trinajstić information content (AvgIpc) is 2.26. The molecule has 0 unspecified atom stereocenters. The standard InChI is InChI=1S/C9H4ClF3N2O5/c10-3-1-2-4(15(19)20)6(5(3)7(16)17)14-8(18)9(11,12)13/h1-2H,(H,14,18)(H,16,17). The highest BCUT2D eigenvalue weighted by Crippen LogP contribution is 2.34. The third-order valence-corrected chi connectivity index (χ3v) is 2.35. The minimum Gasteiger partial charge on any atom is -0.478 e. The highest BCUT2D eigenvalue weighted by atomic mass is 35.5. The van der Waals surface area contributed by atoms with Crippen molar-refractivity contribution in [2.75, 3.05) is 5.32 Å². The predicted octanol–water partition coefficient (Wildman–Crippen LogP) is 2.45. The van der Waals surface area contributed by atoms with Gasteiger partial charge in [-0.1, -0.05) is 11.6 Å². The van der Waals surface area contributed by atoms with Crippen LogP contribution in [-0.4, -0.2) is 28.1 Å². The normalized spacial score (nSPS) is 11.0. The van der Waals surface area contributed by atoms with Crippen LogP contribution in [-0.2, 0) is 4.79 Å². The first-order chi connectivity index (χ1) is 9.05. The van der Waals surface area contributed by atoms with Crippen molar-refractivity contribution in [1.82, 2.24) is 0 Å². The van der Waals surface area contributed by atoms with Gasteiger partial charge in [0.15, 0.2) is 0 Å². The number of nitrogens with one attached hydrogen (secondary N) is 1. The third kappa shape index (κ3) is 3.15. The van der Waals surface area contributed by atoms with Crippen LogP contribution in [0.4, 0.5) is 24.5 Å². The van der Waals surface area contributed by atoms with Crippen LogP contribution < -0.4 is 5.32 Å². The number of carboxylic acids is 1. The molecular formula is C9H4ClF3N2O5. The van der Waals surface area contributed by atoms with E-state index in [0.29, 0.717) is 6.07 Å². The number of carboxylic acid groups (broad SMARTS) is 1. The van der Waals surface area contributed by atoms with E-state index in [-0.39, 0.29) is 0 Å². The van der Waals surface area contributed by atoms with E-state index in [4.69, 9.17) is 16.7 Å². The lowest BCUT2D eigenvalue weighted by molar-refractivity contribution is -0.384. The van der Waals surface area contributed by atoms with Crippen molar-refractivity contribution in [1.29, 1.82) is 0 Å². The number of anilines is 1. The zero-order valence-corrected chi connectivity index (χ0v) is 9.95. The van der Waals surface area contributed by atoms with Crippen molar-refractivity contribution in [3.05, 3.63) is 32.8 Å². The second-order valence-corrected chi connectivity index (χ2v) is 3.74. The second kappa shape index (κ2) is 5.33. The van der Waals surface area contributed by atoms with Gasteiger partial charge in [-0.15, -0.1) is 0 Å². The maximum Gasteiger partial charge on any atom is 0.471 e. The Morgan fingerprint density at radius 3 is 2.30 bits per heavy atom. The van der Waals surface area contributed by atoms with Crippen molar-refractivity contribution in [2.45, 2.75) is 6.18 Å². The van der Waals surface area contributed by atoms with Crippen molar-refractivity contribution < 1.29 is 32.8 Å². The Bertz CT molecular complexity index is 602. The number of alkyl halides is 3. The molecule has 0 radical (unpaired) electrons. The summed E-state index contributed by atoms with van der Waals surface area (Å²) in [5.74, 6) is -4.37. The van der Waals surface area contributed by atoms with Crippen molar-refractivity contribution >= 4 is 34.9 Å². The van der Waals surface area contributed by atoms with E-state index in [0.717, 1.165) is 11.4 Å². The molecule has 1 rings (SSSR count). The van der Waals surface area contributed by atoms with E-state index < -0.39 is 44.9 Å². The summed E-state index contributed by atoms with van der Waals surface area (Å²) in [5.41, 5.74) is -3.15. The van der Waals surface area contributed by atoms with Gasteiger partial charge in [-0.2, -0.15) is 13.2 Å². The summed E-state index contributed by atoms with van der Waals surface area (Å²) in [6.45, 7) is 0. The van der Waals surface area contributed by atoms with Gasteiger partial charge in [0.05, 0.1) is 9.95 Å². The second-order valence-electron chi connectivity index (χ2n) is 3.33. The van der Waals surface area contributed by atoms with Gasteiger partial charge in [0.2, 0.25) is 0 Å². The quantitative estimate of drug-likeness (QED) is 0.658. The molecule has 0 spiro atoms. The number of aromatic carboxylic acids is 1. The van der Waals surface area contributed by atoms with Gasteiger partial charge in [0.1, 0.15) is 11.3 Å². The van der Waals surface area contributed by atoms with Crippen LogP contribution in [0.25, 0.3) is 0 Å².